The molecule has 0 radical (unpaired) electrons. The van der Waals surface area contributed by atoms with E-state index in [1.807, 2.05) is 50.5 Å². The maximum atomic E-state index is 12.4. The first-order chi connectivity index (χ1) is 10.6. The van der Waals surface area contributed by atoms with Crippen LogP contribution in [0.2, 0.25) is 0 Å². The fraction of sp³-hybridized carbons (Fsp3) is 0.278. The van der Waals surface area contributed by atoms with E-state index < -0.39 is 0 Å². The first-order valence-electron chi connectivity index (χ1n) is 7.38. The molecular formula is C18H22N2OS. The highest BCUT2D eigenvalue weighted by molar-refractivity contribution is 7.99. The average molecular weight is 314 g/mol. The van der Waals surface area contributed by atoms with Crippen molar-refractivity contribution in [3.05, 3.63) is 59.7 Å². The van der Waals surface area contributed by atoms with Gasteiger partial charge in [0.05, 0.1) is 5.56 Å². The minimum Gasteiger partial charge on any atom is -0.378 e. The molecular weight excluding hydrogens is 292 g/mol. The van der Waals surface area contributed by atoms with Crippen LogP contribution in [0, 0.1) is 0 Å². The number of thioether (sulfide) groups is 1. The molecule has 0 atom stereocenters. The second kappa shape index (κ2) is 7.90. The molecule has 2 aromatic carbocycles. The van der Waals surface area contributed by atoms with Gasteiger partial charge in [0.2, 0.25) is 0 Å². The van der Waals surface area contributed by atoms with Gasteiger partial charge in [0.25, 0.3) is 5.91 Å². The third kappa shape index (κ3) is 4.28. The maximum Gasteiger partial charge on any atom is 0.252 e. The van der Waals surface area contributed by atoms with Crippen molar-refractivity contribution < 1.29 is 4.79 Å². The third-order valence-electron chi connectivity index (χ3n) is 3.34. The van der Waals surface area contributed by atoms with Gasteiger partial charge in [-0.15, -0.1) is 11.8 Å². The summed E-state index contributed by atoms with van der Waals surface area (Å²) in [6.07, 6.45) is 0. The minimum atomic E-state index is -0.0202. The molecule has 1 N–H and O–H groups in total. The summed E-state index contributed by atoms with van der Waals surface area (Å²) in [6.45, 7) is 2.63. The van der Waals surface area contributed by atoms with Crippen molar-refractivity contribution in [2.45, 2.75) is 18.4 Å². The van der Waals surface area contributed by atoms with E-state index in [1.54, 1.807) is 11.8 Å². The van der Waals surface area contributed by atoms with Crippen molar-refractivity contribution >= 4 is 23.4 Å². The van der Waals surface area contributed by atoms with E-state index in [-0.39, 0.29) is 5.91 Å². The predicted molar refractivity (Wildman–Crippen MR) is 94.8 cm³/mol. The lowest BCUT2D eigenvalue weighted by Gasteiger charge is -2.13. The zero-order chi connectivity index (χ0) is 15.9. The molecule has 4 heteroatoms. The molecule has 0 bridgehead atoms. The van der Waals surface area contributed by atoms with Gasteiger partial charge in [0.15, 0.2) is 0 Å². The highest BCUT2D eigenvalue weighted by atomic mass is 32.2. The van der Waals surface area contributed by atoms with Crippen molar-refractivity contribution in [1.82, 2.24) is 5.32 Å². The van der Waals surface area contributed by atoms with E-state index in [4.69, 9.17) is 0 Å². The molecule has 0 aliphatic rings. The number of nitrogens with zero attached hydrogens (tertiary/aromatic N) is 1. The van der Waals surface area contributed by atoms with Crippen LogP contribution in [-0.2, 0) is 6.54 Å². The van der Waals surface area contributed by atoms with Gasteiger partial charge < -0.3 is 10.2 Å². The molecule has 2 rings (SSSR count). The highest BCUT2D eigenvalue weighted by Gasteiger charge is 2.10. The van der Waals surface area contributed by atoms with Crippen molar-refractivity contribution in [3.8, 4) is 0 Å². The Morgan fingerprint density at radius 1 is 1.09 bits per heavy atom. The van der Waals surface area contributed by atoms with Gasteiger partial charge >= 0.3 is 0 Å². The van der Waals surface area contributed by atoms with Crippen molar-refractivity contribution in [1.29, 1.82) is 0 Å². The van der Waals surface area contributed by atoms with E-state index >= 15 is 0 Å². The number of anilines is 1. The van der Waals surface area contributed by atoms with Crippen LogP contribution in [0.5, 0.6) is 0 Å². The van der Waals surface area contributed by atoms with E-state index in [0.29, 0.717) is 6.54 Å². The molecule has 0 aliphatic carbocycles. The van der Waals surface area contributed by atoms with Crippen LogP contribution in [-0.4, -0.2) is 25.8 Å². The lowest BCUT2D eigenvalue weighted by Crippen LogP contribution is -2.23. The second-order valence-corrected chi connectivity index (χ2v) is 6.48. The molecule has 116 valence electrons. The van der Waals surface area contributed by atoms with Gasteiger partial charge in [0.1, 0.15) is 0 Å². The number of hydrogen-bond donors (Lipinski definition) is 1. The van der Waals surface area contributed by atoms with Crippen LogP contribution in [0.25, 0.3) is 0 Å². The Bertz CT molecular complexity index is 623. The molecule has 0 unspecified atom stereocenters. The van der Waals surface area contributed by atoms with Crippen LogP contribution in [0.15, 0.2) is 53.4 Å². The van der Waals surface area contributed by atoms with Crippen LogP contribution in [0.3, 0.4) is 0 Å². The number of carbonyl (C=O) groups is 1. The van der Waals surface area contributed by atoms with Gasteiger partial charge in [0, 0.05) is 31.2 Å². The van der Waals surface area contributed by atoms with E-state index in [1.165, 1.54) is 0 Å². The molecule has 3 nitrogen and oxygen atoms in total. The standard InChI is InChI=1S/C18H22N2OS/c1-4-22-17-8-6-5-7-16(17)18(21)19-13-14-9-11-15(12-10-14)20(2)3/h5-12H,4,13H2,1-3H3,(H,19,21). The molecule has 0 aromatic heterocycles. The summed E-state index contributed by atoms with van der Waals surface area (Å²) in [6, 6.07) is 15.9. The molecule has 0 saturated carbocycles. The zero-order valence-electron chi connectivity index (χ0n) is 13.3. The topological polar surface area (TPSA) is 32.3 Å². The molecule has 1 amide bonds. The maximum absolute atomic E-state index is 12.4. The van der Waals surface area contributed by atoms with Gasteiger partial charge in [-0.25, -0.2) is 0 Å². The minimum absolute atomic E-state index is 0.0202. The molecule has 0 aliphatic heterocycles. The van der Waals surface area contributed by atoms with Gasteiger partial charge in [-0.2, -0.15) is 0 Å². The molecule has 0 saturated heterocycles. The number of carbonyl (C=O) groups excluding carboxylic acids is 1. The normalized spacial score (nSPS) is 10.3. The first kappa shape index (κ1) is 16.4. The Kier molecular flexibility index (Phi) is 5.90. The molecule has 0 fully saturated rings. The largest absolute Gasteiger partial charge is 0.378 e. The van der Waals surface area contributed by atoms with Gasteiger partial charge in [-0.1, -0.05) is 31.2 Å². The van der Waals surface area contributed by atoms with E-state index in [0.717, 1.165) is 27.5 Å². The number of amides is 1. The van der Waals surface area contributed by atoms with Gasteiger partial charge in [-0.3, -0.25) is 4.79 Å². The average Bonchev–Trinajstić information content (AvgIpc) is 2.54. The van der Waals surface area contributed by atoms with Crippen molar-refractivity contribution in [2.24, 2.45) is 0 Å². The fourth-order valence-corrected chi connectivity index (χ4v) is 2.93. The SMILES string of the molecule is CCSc1ccccc1C(=O)NCc1ccc(N(C)C)cc1. The predicted octanol–water partition coefficient (Wildman–Crippen LogP) is 3.79. The number of nitrogens with one attached hydrogen (secondary N) is 1. The Morgan fingerprint density at radius 3 is 2.41 bits per heavy atom. The summed E-state index contributed by atoms with van der Waals surface area (Å²) < 4.78 is 0. The molecule has 0 spiro atoms. The number of hydrogen-bond acceptors (Lipinski definition) is 3. The summed E-state index contributed by atoms with van der Waals surface area (Å²) in [5.74, 6) is 0.935. The summed E-state index contributed by atoms with van der Waals surface area (Å²) in [5.41, 5.74) is 3.00. The van der Waals surface area contributed by atoms with Gasteiger partial charge in [-0.05, 0) is 35.6 Å². The van der Waals surface area contributed by atoms with Crippen molar-refractivity contribution in [3.63, 3.8) is 0 Å². The monoisotopic (exact) mass is 314 g/mol. The molecule has 2 aromatic rings. The Labute approximate surface area is 136 Å². The van der Waals surface area contributed by atoms with E-state index in [9.17, 15) is 4.79 Å². The molecule has 0 heterocycles. The van der Waals surface area contributed by atoms with E-state index in [2.05, 4.69) is 29.3 Å². The number of rotatable bonds is 6. The third-order valence-corrected chi connectivity index (χ3v) is 4.29. The van der Waals surface area contributed by atoms with Crippen molar-refractivity contribution in [2.75, 3.05) is 24.7 Å². The van der Waals surface area contributed by atoms with Crippen LogP contribution < -0.4 is 10.2 Å². The van der Waals surface area contributed by atoms with Crippen LogP contribution in [0.1, 0.15) is 22.8 Å². The second-order valence-electron chi connectivity index (χ2n) is 5.17. The first-order valence-corrected chi connectivity index (χ1v) is 8.36. The Hall–Kier alpha value is -1.94. The summed E-state index contributed by atoms with van der Waals surface area (Å²) in [4.78, 5) is 15.4. The lowest BCUT2D eigenvalue weighted by molar-refractivity contribution is 0.0948. The Balaban J connectivity index is 2.01. The van der Waals surface area contributed by atoms with Crippen LogP contribution in [0.4, 0.5) is 5.69 Å². The van der Waals surface area contributed by atoms with Crippen LogP contribution >= 0.6 is 11.8 Å². The summed E-state index contributed by atoms with van der Waals surface area (Å²) in [5, 5.41) is 3.00. The smallest absolute Gasteiger partial charge is 0.252 e. The summed E-state index contributed by atoms with van der Waals surface area (Å²) in [7, 11) is 4.03. The zero-order valence-corrected chi connectivity index (χ0v) is 14.1. The quantitative estimate of drug-likeness (QED) is 0.823. The fourth-order valence-electron chi connectivity index (χ4n) is 2.13. The molecule has 22 heavy (non-hydrogen) atoms. The highest BCUT2D eigenvalue weighted by Crippen LogP contribution is 2.22. The summed E-state index contributed by atoms with van der Waals surface area (Å²) >= 11 is 1.69. The number of benzene rings is 2. The lowest BCUT2D eigenvalue weighted by atomic mass is 10.1. The Morgan fingerprint density at radius 2 is 1.77 bits per heavy atom.